The quantitative estimate of drug-likeness (QED) is 0.636. The van der Waals surface area contributed by atoms with Crippen molar-refractivity contribution in [3.8, 4) is 0 Å². The zero-order chi connectivity index (χ0) is 17.8. The summed E-state index contributed by atoms with van der Waals surface area (Å²) in [6.07, 6.45) is 0.877. The highest BCUT2D eigenvalue weighted by Crippen LogP contribution is 2.29. The Morgan fingerprint density at radius 2 is 1.80 bits per heavy atom. The number of fused-ring (bicyclic) bond motifs is 1. The average Bonchev–Trinajstić information content (AvgIpc) is 3.02. The number of benzene rings is 2. The summed E-state index contributed by atoms with van der Waals surface area (Å²) in [5, 5.41) is 1.36. The van der Waals surface area contributed by atoms with E-state index in [0.29, 0.717) is 17.1 Å². The predicted octanol–water partition coefficient (Wildman–Crippen LogP) is 4.55. The Kier molecular flexibility index (Phi) is 5.68. The van der Waals surface area contributed by atoms with Crippen LogP contribution in [0.25, 0.3) is 10.2 Å². The standard InChI is InChI=1S/C19H20ClN3OS/c1-22(2)12-5-13-23(18(24)14-8-10-15(20)11-9-14)19-21-16-6-3-4-7-17(16)25-19/h3-4,6-11H,5,12-13H2,1-2H3. The van der Waals surface area contributed by atoms with Crippen molar-refractivity contribution in [3.05, 3.63) is 59.1 Å². The Balaban J connectivity index is 1.90. The summed E-state index contributed by atoms with van der Waals surface area (Å²) in [6.45, 7) is 1.54. The Morgan fingerprint density at radius 1 is 1.08 bits per heavy atom. The minimum atomic E-state index is -0.0468. The lowest BCUT2D eigenvalue weighted by Crippen LogP contribution is -2.33. The Bertz CT molecular complexity index is 827. The summed E-state index contributed by atoms with van der Waals surface area (Å²) in [6, 6.07) is 15.0. The van der Waals surface area contributed by atoms with Gasteiger partial charge < -0.3 is 4.90 Å². The van der Waals surface area contributed by atoms with Crippen LogP contribution in [0.1, 0.15) is 16.8 Å². The first-order valence-corrected chi connectivity index (χ1v) is 9.32. The number of para-hydroxylation sites is 1. The Morgan fingerprint density at radius 3 is 2.48 bits per heavy atom. The van der Waals surface area contributed by atoms with Gasteiger partial charge in [-0.25, -0.2) is 4.98 Å². The van der Waals surface area contributed by atoms with Gasteiger partial charge in [0.1, 0.15) is 0 Å². The molecule has 0 radical (unpaired) electrons. The number of rotatable bonds is 6. The van der Waals surface area contributed by atoms with Crippen molar-refractivity contribution in [3.63, 3.8) is 0 Å². The molecule has 0 atom stereocenters. The van der Waals surface area contributed by atoms with E-state index in [-0.39, 0.29) is 5.91 Å². The first kappa shape index (κ1) is 17.9. The molecule has 2 aromatic carbocycles. The average molecular weight is 374 g/mol. The van der Waals surface area contributed by atoms with E-state index in [1.54, 1.807) is 40.5 Å². The normalized spacial score (nSPS) is 11.2. The smallest absolute Gasteiger partial charge is 0.260 e. The third-order valence-corrected chi connectivity index (χ3v) is 5.15. The molecular weight excluding hydrogens is 354 g/mol. The number of halogens is 1. The summed E-state index contributed by atoms with van der Waals surface area (Å²) in [7, 11) is 4.06. The molecule has 1 aromatic heterocycles. The molecule has 0 saturated carbocycles. The third-order valence-electron chi connectivity index (χ3n) is 3.84. The molecule has 3 rings (SSSR count). The Labute approximate surface area is 156 Å². The number of hydrogen-bond acceptors (Lipinski definition) is 4. The van der Waals surface area contributed by atoms with Crippen LogP contribution < -0.4 is 4.90 Å². The van der Waals surface area contributed by atoms with Gasteiger partial charge in [-0.1, -0.05) is 35.1 Å². The zero-order valence-electron chi connectivity index (χ0n) is 14.3. The van der Waals surface area contributed by atoms with Gasteiger partial charge in [0.15, 0.2) is 5.13 Å². The van der Waals surface area contributed by atoms with Crippen molar-refractivity contribution in [1.82, 2.24) is 9.88 Å². The molecule has 1 amide bonds. The van der Waals surface area contributed by atoms with Crippen molar-refractivity contribution in [2.75, 3.05) is 32.1 Å². The van der Waals surface area contributed by atoms with Crippen LogP contribution in [0.4, 0.5) is 5.13 Å². The molecule has 0 bridgehead atoms. The fourth-order valence-electron chi connectivity index (χ4n) is 2.55. The minimum absolute atomic E-state index is 0.0468. The highest BCUT2D eigenvalue weighted by molar-refractivity contribution is 7.22. The summed E-state index contributed by atoms with van der Waals surface area (Å²) >= 11 is 7.49. The molecule has 0 aliphatic heterocycles. The predicted molar refractivity (Wildman–Crippen MR) is 106 cm³/mol. The molecule has 0 saturated heterocycles. The van der Waals surface area contributed by atoms with E-state index in [2.05, 4.69) is 9.88 Å². The van der Waals surface area contributed by atoms with Crippen LogP contribution >= 0.6 is 22.9 Å². The number of nitrogens with zero attached hydrogens (tertiary/aromatic N) is 3. The summed E-state index contributed by atoms with van der Waals surface area (Å²) < 4.78 is 1.08. The molecule has 1 heterocycles. The summed E-state index contributed by atoms with van der Waals surface area (Å²) in [4.78, 5) is 21.6. The topological polar surface area (TPSA) is 36.4 Å². The van der Waals surface area contributed by atoms with Crippen LogP contribution in [-0.2, 0) is 0 Å². The van der Waals surface area contributed by atoms with Gasteiger partial charge in [0.2, 0.25) is 0 Å². The number of anilines is 1. The van der Waals surface area contributed by atoms with E-state index in [9.17, 15) is 4.79 Å². The van der Waals surface area contributed by atoms with E-state index in [1.165, 1.54) is 0 Å². The lowest BCUT2D eigenvalue weighted by Gasteiger charge is -2.21. The number of carbonyl (C=O) groups is 1. The highest BCUT2D eigenvalue weighted by atomic mass is 35.5. The second-order valence-electron chi connectivity index (χ2n) is 6.08. The number of hydrogen-bond donors (Lipinski definition) is 0. The summed E-state index contributed by atoms with van der Waals surface area (Å²) in [5.74, 6) is -0.0468. The SMILES string of the molecule is CN(C)CCCN(C(=O)c1ccc(Cl)cc1)c1nc2ccccc2s1. The monoisotopic (exact) mass is 373 g/mol. The van der Waals surface area contributed by atoms with Crippen LogP contribution in [0.5, 0.6) is 0 Å². The molecule has 0 aliphatic rings. The molecule has 3 aromatic rings. The Hall–Kier alpha value is -1.95. The summed E-state index contributed by atoms with van der Waals surface area (Å²) in [5.41, 5.74) is 1.54. The van der Waals surface area contributed by atoms with Gasteiger partial charge >= 0.3 is 0 Å². The number of thiazole rings is 1. The molecule has 0 unspecified atom stereocenters. The molecule has 0 N–H and O–H groups in total. The van der Waals surface area contributed by atoms with Crippen LogP contribution in [0.3, 0.4) is 0 Å². The highest BCUT2D eigenvalue weighted by Gasteiger charge is 2.21. The van der Waals surface area contributed by atoms with Crippen molar-refractivity contribution < 1.29 is 4.79 Å². The van der Waals surface area contributed by atoms with E-state index in [4.69, 9.17) is 11.6 Å². The zero-order valence-corrected chi connectivity index (χ0v) is 15.8. The van der Waals surface area contributed by atoms with E-state index in [0.717, 1.165) is 28.3 Å². The molecule has 6 heteroatoms. The van der Waals surface area contributed by atoms with Crippen LogP contribution in [-0.4, -0.2) is 43.0 Å². The maximum atomic E-state index is 13.0. The maximum absolute atomic E-state index is 13.0. The molecule has 4 nitrogen and oxygen atoms in total. The molecule has 0 fully saturated rings. The van der Waals surface area contributed by atoms with Crippen LogP contribution in [0.2, 0.25) is 5.02 Å². The fraction of sp³-hybridized carbons (Fsp3) is 0.263. The second-order valence-corrected chi connectivity index (χ2v) is 7.53. The maximum Gasteiger partial charge on any atom is 0.260 e. The number of amides is 1. The molecule has 130 valence electrons. The van der Waals surface area contributed by atoms with Crippen molar-refractivity contribution in [1.29, 1.82) is 0 Å². The third kappa shape index (κ3) is 4.37. The number of aromatic nitrogens is 1. The lowest BCUT2D eigenvalue weighted by atomic mass is 10.2. The first-order chi connectivity index (χ1) is 12.0. The van der Waals surface area contributed by atoms with E-state index < -0.39 is 0 Å². The second kappa shape index (κ2) is 7.95. The van der Waals surface area contributed by atoms with Crippen LogP contribution in [0, 0.1) is 0 Å². The van der Waals surface area contributed by atoms with Gasteiger partial charge in [-0.3, -0.25) is 9.69 Å². The van der Waals surface area contributed by atoms with Gasteiger partial charge in [-0.05, 0) is 63.5 Å². The fourth-order valence-corrected chi connectivity index (χ4v) is 3.67. The van der Waals surface area contributed by atoms with Crippen LogP contribution in [0.15, 0.2) is 48.5 Å². The van der Waals surface area contributed by atoms with Gasteiger partial charge in [-0.2, -0.15) is 0 Å². The molecule has 0 aliphatic carbocycles. The van der Waals surface area contributed by atoms with Gasteiger partial charge in [0.05, 0.1) is 10.2 Å². The first-order valence-electron chi connectivity index (χ1n) is 8.12. The van der Waals surface area contributed by atoms with Crippen molar-refractivity contribution in [2.24, 2.45) is 0 Å². The molecule has 0 spiro atoms. The lowest BCUT2D eigenvalue weighted by molar-refractivity contribution is 0.0986. The minimum Gasteiger partial charge on any atom is -0.309 e. The van der Waals surface area contributed by atoms with Crippen molar-refractivity contribution >= 4 is 44.2 Å². The van der Waals surface area contributed by atoms with E-state index in [1.807, 2.05) is 38.4 Å². The molecule has 25 heavy (non-hydrogen) atoms. The van der Waals surface area contributed by atoms with E-state index >= 15 is 0 Å². The number of carbonyl (C=O) groups excluding carboxylic acids is 1. The van der Waals surface area contributed by atoms with Gasteiger partial charge in [-0.15, -0.1) is 0 Å². The van der Waals surface area contributed by atoms with Crippen molar-refractivity contribution in [2.45, 2.75) is 6.42 Å². The molecular formula is C19H20ClN3OS. The largest absolute Gasteiger partial charge is 0.309 e. The van der Waals surface area contributed by atoms with Gasteiger partial charge in [0, 0.05) is 17.1 Å². The van der Waals surface area contributed by atoms with Gasteiger partial charge in [0.25, 0.3) is 5.91 Å².